The summed E-state index contributed by atoms with van der Waals surface area (Å²) in [5.41, 5.74) is 3.85. The van der Waals surface area contributed by atoms with Crippen molar-refractivity contribution in [3.05, 3.63) is 95.8 Å². The molecule has 0 saturated heterocycles. The Morgan fingerprint density at radius 1 is 0.828 bits per heavy atom. The van der Waals surface area contributed by atoms with E-state index in [0.29, 0.717) is 17.4 Å². The van der Waals surface area contributed by atoms with E-state index in [1.807, 2.05) is 93.6 Å². The predicted molar refractivity (Wildman–Crippen MR) is 117 cm³/mol. The first-order valence-corrected chi connectivity index (χ1v) is 9.42. The van der Waals surface area contributed by atoms with E-state index in [1.54, 1.807) is 13.4 Å². The van der Waals surface area contributed by atoms with Crippen LogP contribution in [0.4, 0.5) is 5.69 Å². The second-order valence-electron chi connectivity index (χ2n) is 6.74. The lowest BCUT2D eigenvalue weighted by molar-refractivity contribution is 0.377. The largest absolute Gasteiger partial charge is 0.493 e. The minimum absolute atomic E-state index is 0.467. The van der Waals surface area contributed by atoms with Gasteiger partial charge >= 0.3 is 0 Å². The zero-order valence-corrected chi connectivity index (χ0v) is 17.2. The maximum atomic E-state index is 6.11. The van der Waals surface area contributed by atoms with Crippen molar-refractivity contribution in [3.63, 3.8) is 0 Å². The molecule has 3 aromatic rings. The molecule has 0 heterocycles. The fourth-order valence-electron chi connectivity index (χ4n) is 2.64. The molecule has 0 bridgehead atoms. The van der Waals surface area contributed by atoms with Gasteiger partial charge in [0.2, 0.25) is 5.90 Å². The van der Waals surface area contributed by atoms with Crippen LogP contribution in [0, 0.1) is 13.8 Å². The number of nitrogens with zero attached hydrogens (tertiary/aromatic N) is 1. The molecule has 0 N–H and O–H groups in total. The van der Waals surface area contributed by atoms with Gasteiger partial charge in [0, 0.05) is 5.57 Å². The molecular formula is C25H25NO3. The van der Waals surface area contributed by atoms with Gasteiger partial charge in [-0.2, -0.15) is 0 Å². The van der Waals surface area contributed by atoms with E-state index in [2.05, 4.69) is 0 Å². The SMILES string of the molecule is COc1ccccc1OC=C(C)C(=Nc1ccc(C)cc1)Oc1cccc(C)c1. The zero-order valence-electron chi connectivity index (χ0n) is 17.2. The second-order valence-corrected chi connectivity index (χ2v) is 6.74. The summed E-state index contributed by atoms with van der Waals surface area (Å²) in [6.07, 6.45) is 1.63. The molecule has 3 aromatic carbocycles. The molecule has 0 aliphatic rings. The van der Waals surface area contributed by atoms with Gasteiger partial charge in [0.25, 0.3) is 0 Å². The van der Waals surface area contributed by atoms with Crippen molar-refractivity contribution in [2.24, 2.45) is 4.99 Å². The van der Waals surface area contributed by atoms with E-state index in [-0.39, 0.29) is 0 Å². The summed E-state index contributed by atoms with van der Waals surface area (Å²) in [5.74, 6) is 2.48. The molecule has 0 atom stereocenters. The van der Waals surface area contributed by atoms with Crippen LogP contribution in [0.2, 0.25) is 0 Å². The fourth-order valence-corrected chi connectivity index (χ4v) is 2.64. The highest BCUT2D eigenvalue weighted by molar-refractivity contribution is 5.96. The maximum absolute atomic E-state index is 6.11. The van der Waals surface area contributed by atoms with Crippen LogP contribution in [-0.2, 0) is 0 Å². The summed E-state index contributed by atoms with van der Waals surface area (Å²) in [6, 6.07) is 23.3. The monoisotopic (exact) mass is 387 g/mol. The Kier molecular flexibility index (Phi) is 6.69. The van der Waals surface area contributed by atoms with E-state index in [0.717, 1.165) is 22.6 Å². The lowest BCUT2D eigenvalue weighted by Gasteiger charge is -2.12. The van der Waals surface area contributed by atoms with Gasteiger partial charge in [0.1, 0.15) is 5.75 Å². The van der Waals surface area contributed by atoms with Crippen LogP contribution in [0.5, 0.6) is 17.2 Å². The van der Waals surface area contributed by atoms with E-state index >= 15 is 0 Å². The lowest BCUT2D eigenvalue weighted by atomic mass is 10.2. The molecule has 0 aliphatic heterocycles. The van der Waals surface area contributed by atoms with Crippen molar-refractivity contribution >= 4 is 11.6 Å². The molecule has 0 spiro atoms. The third-order valence-corrected chi connectivity index (χ3v) is 4.24. The summed E-state index contributed by atoms with van der Waals surface area (Å²) in [5, 5.41) is 0. The van der Waals surface area contributed by atoms with Crippen molar-refractivity contribution in [1.82, 2.24) is 0 Å². The highest BCUT2D eigenvalue weighted by atomic mass is 16.5. The number of para-hydroxylation sites is 2. The molecule has 4 heteroatoms. The smallest absolute Gasteiger partial charge is 0.225 e. The van der Waals surface area contributed by atoms with Gasteiger partial charge in [0.15, 0.2) is 11.5 Å². The van der Waals surface area contributed by atoms with E-state index in [4.69, 9.17) is 19.2 Å². The van der Waals surface area contributed by atoms with Crippen molar-refractivity contribution in [3.8, 4) is 17.2 Å². The third kappa shape index (κ3) is 5.72. The Morgan fingerprint density at radius 3 is 2.24 bits per heavy atom. The highest BCUT2D eigenvalue weighted by Crippen LogP contribution is 2.26. The average molecular weight is 387 g/mol. The summed E-state index contributed by atoms with van der Waals surface area (Å²) >= 11 is 0. The molecular weight excluding hydrogens is 362 g/mol. The van der Waals surface area contributed by atoms with Crippen molar-refractivity contribution < 1.29 is 14.2 Å². The number of aryl methyl sites for hydroxylation is 2. The van der Waals surface area contributed by atoms with Crippen molar-refractivity contribution in [2.75, 3.05) is 7.11 Å². The van der Waals surface area contributed by atoms with Gasteiger partial charge in [-0.25, -0.2) is 4.99 Å². The first kappa shape index (κ1) is 20.2. The predicted octanol–water partition coefficient (Wildman–Crippen LogP) is 6.40. The molecule has 4 nitrogen and oxygen atoms in total. The maximum Gasteiger partial charge on any atom is 0.225 e. The minimum atomic E-state index is 0.467. The van der Waals surface area contributed by atoms with Gasteiger partial charge in [-0.05, 0) is 62.7 Å². The first-order valence-electron chi connectivity index (χ1n) is 9.42. The topological polar surface area (TPSA) is 40.0 Å². The molecule has 0 aromatic heterocycles. The van der Waals surface area contributed by atoms with E-state index in [9.17, 15) is 0 Å². The normalized spacial score (nSPS) is 11.9. The number of aliphatic imine (C=N–C) groups is 1. The first-order chi connectivity index (χ1) is 14.0. The molecule has 3 rings (SSSR count). The average Bonchev–Trinajstić information content (AvgIpc) is 2.73. The molecule has 0 amide bonds. The molecule has 29 heavy (non-hydrogen) atoms. The number of rotatable bonds is 6. The van der Waals surface area contributed by atoms with Crippen molar-refractivity contribution in [1.29, 1.82) is 0 Å². The van der Waals surface area contributed by atoms with Crippen LogP contribution in [0.3, 0.4) is 0 Å². The van der Waals surface area contributed by atoms with Crippen LogP contribution >= 0.6 is 0 Å². The Morgan fingerprint density at radius 2 is 1.55 bits per heavy atom. The molecule has 0 fully saturated rings. The van der Waals surface area contributed by atoms with Gasteiger partial charge in [-0.15, -0.1) is 0 Å². The minimum Gasteiger partial charge on any atom is -0.493 e. The Labute approximate surface area is 172 Å². The molecule has 0 saturated carbocycles. The zero-order chi connectivity index (χ0) is 20.6. The van der Waals surface area contributed by atoms with Gasteiger partial charge < -0.3 is 14.2 Å². The van der Waals surface area contributed by atoms with E-state index in [1.165, 1.54) is 5.56 Å². The Bertz CT molecular complexity index is 1020. The van der Waals surface area contributed by atoms with Crippen LogP contribution in [0.25, 0.3) is 0 Å². The van der Waals surface area contributed by atoms with Crippen LogP contribution in [0.15, 0.2) is 89.6 Å². The van der Waals surface area contributed by atoms with Crippen molar-refractivity contribution in [2.45, 2.75) is 20.8 Å². The highest BCUT2D eigenvalue weighted by Gasteiger charge is 2.09. The summed E-state index contributed by atoms with van der Waals surface area (Å²) < 4.78 is 17.3. The summed E-state index contributed by atoms with van der Waals surface area (Å²) in [4.78, 5) is 4.69. The molecule has 0 radical (unpaired) electrons. The lowest BCUT2D eigenvalue weighted by Crippen LogP contribution is -2.11. The quantitative estimate of drug-likeness (QED) is 0.279. The molecule has 148 valence electrons. The van der Waals surface area contributed by atoms with Gasteiger partial charge in [0.05, 0.1) is 19.1 Å². The second kappa shape index (κ2) is 9.60. The van der Waals surface area contributed by atoms with Crippen LogP contribution < -0.4 is 14.2 Å². The third-order valence-electron chi connectivity index (χ3n) is 4.24. The molecule has 0 aliphatic carbocycles. The number of hydrogen-bond donors (Lipinski definition) is 0. The fraction of sp³-hybridized carbons (Fsp3) is 0.160. The Hall–Kier alpha value is -3.53. The molecule has 0 unspecified atom stereocenters. The van der Waals surface area contributed by atoms with Crippen LogP contribution in [0.1, 0.15) is 18.1 Å². The number of hydrogen-bond acceptors (Lipinski definition) is 4. The number of methoxy groups -OCH3 is 1. The number of ether oxygens (including phenoxy) is 3. The Balaban J connectivity index is 1.91. The van der Waals surface area contributed by atoms with Gasteiger partial charge in [-0.1, -0.05) is 42.0 Å². The van der Waals surface area contributed by atoms with E-state index < -0.39 is 0 Å². The standard InChI is InChI=1S/C25H25NO3/c1-18-12-14-21(15-13-18)26-25(29-22-9-7-8-19(2)16-22)20(3)17-28-24-11-6-5-10-23(24)27-4/h5-17H,1-4H3. The van der Waals surface area contributed by atoms with Crippen LogP contribution in [-0.4, -0.2) is 13.0 Å². The van der Waals surface area contributed by atoms with Gasteiger partial charge in [-0.3, -0.25) is 0 Å². The summed E-state index contributed by atoms with van der Waals surface area (Å²) in [7, 11) is 1.61. The number of benzene rings is 3. The summed E-state index contributed by atoms with van der Waals surface area (Å²) in [6.45, 7) is 5.97.